The molecule has 0 spiro atoms. The van der Waals surface area contributed by atoms with Gasteiger partial charge < -0.3 is 9.64 Å². The third-order valence-electron chi connectivity index (χ3n) is 4.38. The van der Waals surface area contributed by atoms with Gasteiger partial charge in [0, 0.05) is 17.5 Å². The van der Waals surface area contributed by atoms with Gasteiger partial charge in [-0.3, -0.25) is 14.2 Å². The summed E-state index contributed by atoms with van der Waals surface area (Å²) in [5, 5.41) is 0. The highest BCUT2D eigenvalue weighted by Crippen LogP contribution is 2.35. The Morgan fingerprint density at radius 1 is 1.30 bits per heavy atom. The number of ether oxygens (including phenoxy) is 1. The highest BCUT2D eigenvalue weighted by molar-refractivity contribution is 5.77. The van der Waals surface area contributed by atoms with Crippen LogP contribution in [0.4, 0.5) is 13.2 Å². The molecule has 7 nitrogen and oxygen atoms in total. The van der Waals surface area contributed by atoms with Gasteiger partial charge in [-0.15, -0.1) is 0 Å². The molecule has 0 unspecified atom stereocenters. The molecule has 10 heteroatoms. The van der Waals surface area contributed by atoms with Crippen molar-refractivity contribution in [2.45, 2.75) is 32.7 Å². The van der Waals surface area contributed by atoms with Gasteiger partial charge in [-0.1, -0.05) is 0 Å². The molecule has 2 aromatic rings. The van der Waals surface area contributed by atoms with Crippen molar-refractivity contribution < 1.29 is 22.7 Å². The van der Waals surface area contributed by atoms with Crippen molar-refractivity contribution in [2.24, 2.45) is 0 Å². The van der Waals surface area contributed by atoms with E-state index >= 15 is 0 Å². The predicted molar refractivity (Wildman–Crippen MR) is 88.2 cm³/mol. The van der Waals surface area contributed by atoms with E-state index in [1.165, 1.54) is 28.1 Å². The highest BCUT2D eigenvalue weighted by Gasteiger charge is 2.38. The third kappa shape index (κ3) is 3.93. The van der Waals surface area contributed by atoms with Gasteiger partial charge in [-0.05, 0) is 26.0 Å². The molecule has 0 N–H and O–H groups in total. The molecule has 1 saturated heterocycles. The molecular formula is C17H17F3N4O3. The number of amides is 1. The minimum Gasteiger partial charge on any atom is -0.470 e. The van der Waals surface area contributed by atoms with Crippen LogP contribution in [0.25, 0.3) is 0 Å². The molecule has 1 amide bonds. The molecular weight excluding hydrogens is 365 g/mol. The quantitative estimate of drug-likeness (QED) is 0.802. The normalized spacial score (nSPS) is 14.8. The lowest BCUT2D eigenvalue weighted by molar-refractivity contribution is -0.145. The number of aromatic nitrogens is 3. The first-order valence-corrected chi connectivity index (χ1v) is 8.16. The summed E-state index contributed by atoms with van der Waals surface area (Å²) in [6.45, 7) is 3.40. The Balaban J connectivity index is 1.60. The maximum atomic E-state index is 12.9. The molecule has 3 rings (SSSR count). The third-order valence-corrected chi connectivity index (χ3v) is 4.38. The summed E-state index contributed by atoms with van der Waals surface area (Å²) in [5.41, 5.74) is -0.197. The number of alkyl halides is 3. The molecule has 144 valence electrons. The van der Waals surface area contributed by atoms with Crippen LogP contribution in [-0.4, -0.2) is 44.5 Å². The first-order chi connectivity index (χ1) is 12.7. The van der Waals surface area contributed by atoms with Gasteiger partial charge in [0.15, 0.2) is 0 Å². The lowest BCUT2D eigenvalue weighted by atomic mass is 10.1. The van der Waals surface area contributed by atoms with Crippen LogP contribution in [0.2, 0.25) is 0 Å². The van der Waals surface area contributed by atoms with Crippen LogP contribution in [-0.2, 0) is 17.5 Å². The van der Waals surface area contributed by atoms with E-state index in [0.29, 0.717) is 11.3 Å². The second-order valence-electron chi connectivity index (χ2n) is 6.28. The fraction of sp³-hybridized carbons (Fsp3) is 0.412. The zero-order valence-corrected chi connectivity index (χ0v) is 14.7. The summed E-state index contributed by atoms with van der Waals surface area (Å²) in [6.07, 6.45) is -2.63. The van der Waals surface area contributed by atoms with E-state index in [-0.39, 0.29) is 31.1 Å². The second kappa shape index (κ2) is 7.01. The maximum Gasteiger partial charge on any atom is 0.421 e. The number of carbonyl (C=O) groups excluding carboxylic acids is 1. The van der Waals surface area contributed by atoms with Crippen molar-refractivity contribution in [2.75, 3.05) is 13.1 Å². The van der Waals surface area contributed by atoms with Gasteiger partial charge in [-0.2, -0.15) is 13.2 Å². The molecule has 2 aromatic heterocycles. The summed E-state index contributed by atoms with van der Waals surface area (Å²) in [7, 11) is 0. The molecule has 0 bridgehead atoms. The van der Waals surface area contributed by atoms with Gasteiger partial charge in [0.1, 0.15) is 18.2 Å². The summed E-state index contributed by atoms with van der Waals surface area (Å²) < 4.78 is 45.3. The Labute approximate surface area is 152 Å². The molecule has 3 heterocycles. The molecule has 27 heavy (non-hydrogen) atoms. The second-order valence-corrected chi connectivity index (χ2v) is 6.28. The molecule has 1 aliphatic heterocycles. The van der Waals surface area contributed by atoms with E-state index in [9.17, 15) is 22.8 Å². The van der Waals surface area contributed by atoms with Crippen LogP contribution in [0.1, 0.15) is 16.8 Å². The summed E-state index contributed by atoms with van der Waals surface area (Å²) in [6, 6.07) is 2.07. The van der Waals surface area contributed by atoms with E-state index in [2.05, 4.69) is 9.97 Å². The van der Waals surface area contributed by atoms with Crippen LogP contribution < -0.4 is 10.3 Å². The number of carbonyl (C=O) groups is 1. The lowest BCUT2D eigenvalue weighted by Crippen LogP contribution is -2.57. The monoisotopic (exact) mass is 382 g/mol. The van der Waals surface area contributed by atoms with E-state index in [1.54, 1.807) is 13.8 Å². The average Bonchev–Trinajstić information content (AvgIpc) is 2.57. The largest absolute Gasteiger partial charge is 0.470 e. The van der Waals surface area contributed by atoms with Crippen LogP contribution in [0.15, 0.2) is 29.5 Å². The number of hydrogen-bond donors (Lipinski definition) is 0. The molecule has 0 atom stereocenters. The Bertz CT molecular complexity index is 920. The molecule has 0 saturated carbocycles. The minimum absolute atomic E-state index is 0.125. The summed E-state index contributed by atoms with van der Waals surface area (Å²) in [5.74, 6) is -0.837. The van der Waals surface area contributed by atoms with E-state index in [4.69, 9.17) is 4.74 Å². The van der Waals surface area contributed by atoms with Crippen molar-refractivity contribution in [1.82, 2.24) is 19.4 Å². The Hall–Kier alpha value is -2.91. The van der Waals surface area contributed by atoms with Crippen LogP contribution >= 0.6 is 0 Å². The standard InChI is InChI=1S/C17H17F3N4O3/c1-10-11(2)22-9-24(16(10)26)8-14(25)23-6-12(7-23)27-15-13(17(18,19)20)4-3-5-21-15/h3-5,9,12H,6-8H2,1-2H3. The first kappa shape index (κ1) is 18.9. The maximum absolute atomic E-state index is 12.9. The molecule has 1 fully saturated rings. The highest BCUT2D eigenvalue weighted by atomic mass is 19.4. The number of hydrogen-bond acceptors (Lipinski definition) is 5. The van der Waals surface area contributed by atoms with Gasteiger partial charge in [0.2, 0.25) is 11.8 Å². The number of aryl methyl sites for hydroxylation is 1. The fourth-order valence-electron chi connectivity index (χ4n) is 2.61. The Morgan fingerprint density at radius 3 is 2.67 bits per heavy atom. The SMILES string of the molecule is Cc1ncn(CC(=O)N2CC(Oc3ncccc3C(F)(F)F)C2)c(=O)c1C. The van der Waals surface area contributed by atoms with Crippen molar-refractivity contribution in [3.8, 4) is 5.88 Å². The number of halogens is 3. The lowest BCUT2D eigenvalue weighted by Gasteiger charge is -2.39. The van der Waals surface area contributed by atoms with E-state index < -0.39 is 23.7 Å². The summed E-state index contributed by atoms with van der Waals surface area (Å²) >= 11 is 0. The smallest absolute Gasteiger partial charge is 0.421 e. The van der Waals surface area contributed by atoms with E-state index in [1.807, 2.05) is 0 Å². The van der Waals surface area contributed by atoms with Gasteiger partial charge >= 0.3 is 6.18 Å². The summed E-state index contributed by atoms with van der Waals surface area (Å²) in [4.78, 5) is 33.5. The zero-order chi connectivity index (χ0) is 19.8. The van der Waals surface area contributed by atoms with Crippen LogP contribution in [0.5, 0.6) is 5.88 Å². The van der Waals surface area contributed by atoms with Crippen molar-refractivity contribution in [3.05, 3.63) is 51.8 Å². The first-order valence-electron chi connectivity index (χ1n) is 8.16. The van der Waals surface area contributed by atoms with Crippen LogP contribution in [0.3, 0.4) is 0 Å². The fourth-order valence-corrected chi connectivity index (χ4v) is 2.61. The minimum atomic E-state index is -4.57. The molecule has 0 aliphatic carbocycles. The number of nitrogens with zero attached hydrogens (tertiary/aromatic N) is 4. The molecule has 0 radical (unpaired) electrons. The van der Waals surface area contributed by atoms with Gasteiger partial charge in [0.25, 0.3) is 5.56 Å². The number of pyridine rings is 1. The topological polar surface area (TPSA) is 77.3 Å². The Kier molecular flexibility index (Phi) is 4.90. The predicted octanol–water partition coefficient (Wildman–Crippen LogP) is 1.56. The average molecular weight is 382 g/mol. The van der Waals surface area contributed by atoms with Gasteiger partial charge in [-0.25, -0.2) is 9.97 Å². The number of likely N-dealkylation sites (tertiary alicyclic amines) is 1. The van der Waals surface area contributed by atoms with E-state index in [0.717, 1.165) is 6.07 Å². The van der Waals surface area contributed by atoms with Crippen LogP contribution in [0, 0.1) is 13.8 Å². The molecule has 0 aromatic carbocycles. The van der Waals surface area contributed by atoms with Crippen molar-refractivity contribution in [3.63, 3.8) is 0 Å². The van der Waals surface area contributed by atoms with Gasteiger partial charge in [0.05, 0.1) is 19.4 Å². The molecule has 1 aliphatic rings. The number of rotatable bonds is 4. The van der Waals surface area contributed by atoms with Crippen molar-refractivity contribution in [1.29, 1.82) is 0 Å². The Morgan fingerprint density at radius 2 is 2.00 bits per heavy atom. The van der Waals surface area contributed by atoms with Crippen molar-refractivity contribution >= 4 is 5.91 Å². The zero-order valence-electron chi connectivity index (χ0n) is 14.7.